The maximum absolute atomic E-state index is 5.92. The fourth-order valence-corrected chi connectivity index (χ4v) is 3.88. The summed E-state index contributed by atoms with van der Waals surface area (Å²) in [5.41, 5.74) is 1.31. The molecule has 0 bridgehead atoms. The smallest absolute Gasteiger partial charge is 0.141 e. The molecule has 3 rings (SSSR count). The maximum atomic E-state index is 5.92. The molecule has 5 nitrogen and oxygen atoms in total. The van der Waals surface area contributed by atoms with E-state index in [-0.39, 0.29) is 6.10 Å². The van der Waals surface area contributed by atoms with Crippen LogP contribution >= 0.6 is 11.3 Å². The molecule has 0 radical (unpaired) electrons. The largest absolute Gasteiger partial charge is 0.374 e. The lowest BCUT2D eigenvalue weighted by Gasteiger charge is -2.34. The summed E-state index contributed by atoms with van der Waals surface area (Å²) in [7, 11) is 4.21. The molecule has 0 N–H and O–H groups in total. The second kappa shape index (κ2) is 6.48. The van der Waals surface area contributed by atoms with Crippen molar-refractivity contribution in [1.82, 2.24) is 14.9 Å². The van der Waals surface area contributed by atoms with Gasteiger partial charge in [-0.25, -0.2) is 9.97 Å². The molecule has 1 aliphatic rings. The van der Waals surface area contributed by atoms with Gasteiger partial charge in [0.2, 0.25) is 0 Å². The molecule has 1 aliphatic heterocycles. The molecule has 0 saturated carbocycles. The number of nitrogens with zero attached hydrogens (tertiary/aromatic N) is 4. The maximum Gasteiger partial charge on any atom is 0.141 e. The molecule has 22 heavy (non-hydrogen) atoms. The van der Waals surface area contributed by atoms with Crippen LogP contribution in [0, 0.1) is 13.8 Å². The minimum atomic E-state index is 0.279. The van der Waals surface area contributed by atoms with Gasteiger partial charge in [0.1, 0.15) is 17.0 Å². The van der Waals surface area contributed by atoms with Crippen LogP contribution in [0.15, 0.2) is 6.33 Å². The van der Waals surface area contributed by atoms with Crippen molar-refractivity contribution in [2.45, 2.75) is 26.4 Å². The molecule has 0 unspecified atom stereocenters. The van der Waals surface area contributed by atoms with Crippen LogP contribution < -0.4 is 4.90 Å². The van der Waals surface area contributed by atoms with Crippen molar-refractivity contribution in [2.24, 2.45) is 0 Å². The van der Waals surface area contributed by atoms with Gasteiger partial charge in [0.15, 0.2) is 0 Å². The standard InChI is InChI=1S/C16H24N4OS/c1-11-12(2)22-16-14(11)15(17-10-18-16)20-7-8-21-13(9-20)5-6-19(3)4/h10,13H,5-9H2,1-4H3/t13-/m1/s1. The molecule has 0 aliphatic carbocycles. The van der Waals surface area contributed by atoms with Crippen LogP contribution in [0.25, 0.3) is 10.2 Å². The topological polar surface area (TPSA) is 41.5 Å². The molecular weight excluding hydrogens is 296 g/mol. The van der Waals surface area contributed by atoms with E-state index in [0.29, 0.717) is 0 Å². The van der Waals surface area contributed by atoms with Gasteiger partial charge >= 0.3 is 0 Å². The molecule has 3 heterocycles. The lowest BCUT2D eigenvalue weighted by molar-refractivity contribution is 0.0310. The predicted octanol–water partition coefficient (Wildman–Crippen LogP) is 2.47. The first-order valence-electron chi connectivity index (χ1n) is 7.78. The number of hydrogen-bond donors (Lipinski definition) is 0. The van der Waals surface area contributed by atoms with Gasteiger partial charge in [0, 0.05) is 24.5 Å². The highest BCUT2D eigenvalue weighted by Gasteiger charge is 2.24. The molecule has 0 amide bonds. The third-order valence-electron chi connectivity index (χ3n) is 4.28. The Morgan fingerprint density at radius 1 is 1.36 bits per heavy atom. The van der Waals surface area contributed by atoms with Crippen LogP contribution in [0.5, 0.6) is 0 Å². The lowest BCUT2D eigenvalue weighted by Crippen LogP contribution is -2.44. The Kier molecular flexibility index (Phi) is 4.61. The molecule has 6 heteroatoms. The van der Waals surface area contributed by atoms with Gasteiger partial charge in [-0.1, -0.05) is 0 Å². The van der Waals surface area contributed by atoms with Crippen LogP contribution in [0.2, 0.25) is 0 Å². The highest BCUT2D eigenvalue weighted by Crippen LogP contribution is 2.34. The molecular formula is C16H24N4OS. The molecule has 2 aromatic rings. The summed E-state index contributed by atoms with van der Waals surface area (Å²) in [6.07, 6.45) is 3.03. The van der Waals surface area contributed by atoms with E-state index in [4.69, 9.17) is 4.74 Å². The number of fused-ring (bicyclic) bond motifs is 1. The van der Waals surface area contributed by atoms with Crippen molar-refractivity contribution in [2.75, 3.05) is 45.2 Å². The fraction of sp³-hybridized carbons (Fsp3) is 0.625. The normalized spacial score (nSPS) is 19.3. The summed E-state index contributed by atoms with van der Waals surface area (Å²) in [6.45, 7) is 7.96. The minimum Gasteiger partial charge on any atom is -0.374 e. The summed E-state index contributed by atoms with van der Waals surface area (Å²) >= 11 is 1.76. The van der Waals surface area contributed by atoms with Crippen LogP contribution in [-0.2, 0) is 4.74 Å². The van der Waals surface area contributed by atoms with Crippen LogP contribution in [0.4, 0.5) is 5.82 Å². The third-order valence-corrected chi connectivity index (χ3v) is 5.40. The summed E-state index contributed by atoms with van der Waals surface area (Å²) in [6, 6.07) is 0. The zero-order valence-electron chi connectivity index (χ0n) is 13.8. The van der Waals surface area contributed by atoms with Crippen molar-refractivity contribution in [3.63, 3.8) is 0 Å². The Hall–Kier alpha value is -1.24. The number of hydrogen-bond acceptors (Lipinski definition) is 6. The molecule has 1 fully saturated rings. The first-order valence-corrected chi connectivity index (χ1v) is 8.60. The Balaban J connectivity index is 1.84. The van der Waals surface area contributed by atoms with Gasteiger partial charge in [0.25, 0.3) is 0 Å². The van der Waals surface area contributed by atoms with Gasteiger partial charge in [0.05, 0.1) is 18.1 Å². The number of rotatable bonds is 4. The highest BCUT2D eigenvalue weighted by molar-refractivity contribution is 7.18. The number of thiophene rings is 1. The number of anilines is 1. The zero-order valence-corrected chi connectivity index (χ0v) is 14.6. The molecule has 1 saturated heterocycles. The second-order valence-corrected chi connectivity index (χ2v) is 7.39. The van der Waals surface area contributed by atoms with E-state index in [0.717, 1.165) is 43.3 Å². The average molecular weight is 320 g/mol. The molecule has 2 aromatic heterocycles. The van der Waals surface area contributed by atoms with Gasteiger partial charge in [-0.05, 0) is 39.9 Å². The number of morpholine rings is 1. The van der Waals surface area contributed by atoms with Gasteiger partial charge < -0.3 is 14.5 Å². The highest BCUT2D eigenvalue weighted by atomic mass is 32.1. The Bertz CT molecular complexity index is 655. The van der Waals surface area contributed by atoms with E-state index >= 15 is 0 Å². The Labute approximate surface area is 135 Å². The average Bonchev–Trinajstić information content (AvgIpc) is 2.80. The van der Waals surface area contributed by atoms with E-state index in [9.17, 15) is 0 Å². The zero-order chi connectivity index (χ0) is 15.7. The number of aryl methyl sites for hydroxylation is 2. The summed E-state index contributed by atoms with van der Waals surface area (Å²) in [4.78, 5) is 16.0. The van der Waals surface area contributed by atoms with Gasteiger partial charge in [-0.3, -0.25) is 0 Å². The van der Waals surface area contributed by atoms with Gasteiger partial charge in [-0.15, -0.1) is 11.3 Å². The first-order chi connectivity index (χ1) is 10.6. The molecule has 0 aromatic carbocycles. The van der Waals surface area contributed by atoms with Crippen molar-refractivity contribution >= 4 is 27.4 Å². The van der Waals surface area contributed by atoms with Crippen molar-refractivity contribution in [1.29, 1.82) is 0 Å². The third kappa shape index (κ3) is 3.09. The fourth-order valence-electron chi connectivity index (χ4n) is 2.89. The summed E-state index contributed by atoms with van der Waals surface area (Å²) in [5, 5.41) is 1.22. The monoisotopic (exact) mass is 320 g/mol. The van der Waals surface area contributed by atoms with E-state index < -0.39 is 0 Å². The minimum absolute atomic E-state index is 0.279. The van der Waals surface area contributed by atoms with Crippen LogP contribution in [0.3, 0.4) is 0 Å². The van der Waals surface area contributed by atoms with Crippen molar-refractivity contribution in [3.8, 4) is 0 Å². The Morgan fingerprint density at radius 2 is 2.18 bits per heavy atom. The van der Waals surface area contributed by atoms with E-state index in [1.807, 2.05) is 0 Å². The molecule has 120 valence electrons. The van der Waals surface area contributed by atoms with Crippen LogP contribution in [0.1, 0.15) is 16.9 Å². The van der Waals surface area contributed by atoms with Crippen molar-refractivity contribution < 1.29 is 4.74 Å². The summed E-state index contributed by atoms with van der Waals surface area (Å²) < 4.78 is 5.92. The second-order valence-electron chi connectivity index (χ2n) is 6.19. The first kappa shape index (κ1) is 15.6. The quantitative estimate of drug-likeness (QED) is 0.865. The van der Waals surface area contributed by atoms with E-state index in [1.165, 1.54) is 15.8 Å². The number of ether oxygens (including phenoxy) is 1. The SMILES string of the molecule is Cc1sc2ncnc(N3CCO[C@H](CCN(C)C)C3)c2c1C. The number of aromatic nitrogens is 2. The van der Waals surface area contributed by atoms with Gasteiger partial charge in [-0.2, -0.15) is 0 Å². The predicted molar refractivity (Wildman–Crippen MR) is 92.0 cm³/mol. The molecule has 1 atom stereocenters. The summed E-state index contributed by atoms with van der Waals surface area (Å²) in [5.74, 6) is 1.07. The van der Waals surface area contributed by atoms with E-state index in [1.54, 1.807) is 17.7 Å². The molecule has 0 spiro atoms. The van der Waals surface area contributed by atoms with Crippen molar-refractivity contribution in [3.05, 3.63) is 16.8 Å². The Morgan fingerprint density at radius 3 is 2.95 bits per heavy atom. The van der Waals surface area contributed by atoms with E-state index in [2.05, 4.69) is 47.7 Å². The van der Waals surface area contributed by atoms with Crippen LogP contribution in [-0.4, -0.2) is 61.3 Å². The lowest BCUT2D eigenvalue weighted by atomic mass is 10.1.